The number of fused-ring (bicyclic) bond motifs is 6. The van der Waals surface area contributed by atoms with Crippen LogP contribution in [0.25, 0.3) is 50.2 Å². The maximum absolute atomic E-state index is 7.27. The van der Waals surface area contributed by atoms with Gasteiger partial charge >= 0.3 is 0 Å². The van der Waals surface area contributed by atoms with Crippen molar-refractivity contribution in [1.29, 1.82) is 0 Å². The zero-order valence-electron chi connectivity index (χ0n) is 36.1. The summed E-state index contributed by atoms with van der Waals surface area (Å²) in [6.07, 6.45) is 13.3. The molecule has 2 nitrogen and oxygen atoms in total. The molecule has 2 aliphatic carbocycles. The largest absolute Gasteiger partial charge is 0.484 e. The van der Waals surface area contributed by atoms with E-state index in [1.165, 1.54) is 72.3 Å². The number of ether oxygens (including phenoxy) is 1. The lowest BCUT2D eigenvalue weighted by Gasteiger charge is -2.50. The maximum atomic E-state index is 7.27. The average molecular weight is 834 g/mol. The van der Waals surface area contributed by atoms with Gasteiger partial charge in [-0.15, -0.1) is 0 Å². The number of hydrogen-bond acceptors (Lipinski definition) is 2. The molecule has 3 aliphatic rings. The van der Waals surface area contributed by atoms with Crippen molar-refractivity contribution in [2.75, 3.05) is 4.90 Å². The van der Waals surface area contributed by atoms with Crippen molar-refractivity contribution in [3.05, 3.63) is 276 Å². The molecule has 0 bridgehead atoms. The molecule has 3 unspecified atom stereocenters. The second-order valence-corrected chi connectivity index (χ2v) is 17.5. The van der Waals surface area contributed by atoms with Gasteiger partial charge in [-0.05, 0) is 105 Å². The van der Waals surface area contributed by atoms with E-state index in [9.17, 15) is 0 Å². The third-order valence-electron chi connectivity index (χ3n) is 13.9. The van der Waals surface area contributed by atoms with Gasteiger partial charge in [0.05, 0.1) is 5.41 Å². The fraction of sp³-hybridized carbons (Fsp3) is 0.0794. The molecule has 0 fully saturated rings. The standard InChI is InChI=1S/C63H47NO/c1-5-17-44(18-6-1)50-41-51(45-19-7-2-8-20-45)43-56(42-50)64(54-25-11-4-12-26-54)55-37-31-47(32-38-55)46-29-35-53(36-30-46)63(52-23-9-3-10-24-52)59-39-33-48-21-13-15-27-57(48)61(59)65-62-58-28-16-14-22-49(58)34-40-60(62)63/h1-11,13-25,27-43,59,61H,12,26H2. The number of rotatable bonds is 8. The van der Waals surface area contributed by atoms with Crippen LogP contribution in [0.4, 0.5) is 11.4 Å². The summed E-state index contributed by atoms with van der Waals surface area (Å²) < 4.78 is 7.27. The van der Waals surface area contributed by atoms with Crippen LogP contribution in [0.2, 0.25) is 0 Å². The molecular weight excluding hydrogens is 787 g/mol. The van der Waals surface area contributed by atoms with Crippen LogP contribution >= 0.6 is 0 Å². The zero-order chi connectivity index (χ0) is 43.2. The van der Waals surface area contributed by atoms with Crippen molar-refractivity contribution in [3.63, 3.8) is 0 Å². The second-order valence-electron chi connectivity index (χ2n) is 17.5. The molecular formula is C63H47NO. The Morgan fingerprint density at radius 2 is 1.09 bits per heavy atom. The molecule has 9 aromatic carbocycles. The Balaban J connectivity index is 0.967. The molecule has 1 heterocycles. The van der Waals surface area contributed by atoms with E-state index in [0.717, 1.165) is 35.4 Å². The molecule has 0 aromatic heterocycles. The Morgan fingerprint density at radius 1 is 0.492 bits per heavy atom. The molecule has 2 heteroatoms. The van der Waals surface area contributed by atoms with Crippen LogP contribution in [0, 0.1) is 5.92 Å². The van der Waals surface area contributed by atoms with Crippen LogP contribution in [0.5, 0.6) is 5.75 Å². The fourth-order valence-electron chi connectivity index (χ4n) is 10.8. The normalized spacial score (nSPS) is 18.2. The highest BCUT2D eigenvalue weighted by atomic mass is 16.5. The van der Waals surface area contributed by atoms with Crippen molar-refractivity contribution >= 4 is 28.2 Å². The molecule has 0 saturated heterocycles. The molecule has 0 amide bonds. The number of nitrogens with zero attached hydrogens (tertiary/aromatic N) is 1. The van der Waals surface area contributed by atoms with Gasteiger partial charge in [-0.1, -0.05) is 212 Å². The summed E-state index contributed by atoms with van der Waals surface area (Å²) in [4.78, 5) is 2.46. The van der Waals surface area contributed by atoms with E-state index in [1.807, 2.05) is 0 Å². The summed E-state index contributed by atoms with van der Waals surface area (Å²) in [7, 11) is 0. The maximum Gasteiger partial charge on any atom is 0.132 e. The first-order valence-corrected chi connectivity index (χ1v) is 22.9. The van der Waals surface area contributed by atoms with Gasteiger partial charge in [-0.25, -0.2) is 0 Å². The Morgan fingerprint density at radius 3 is 1.78 bits per heavy atom. The Kier molecular flexibility index (Phi) is 9.72. The third kappa shape index (κ3) is 6.73. The molecule has 310 valence electrons. The first-order chi connectivity index (χ1) is 32.2. The van der Waals surface area contributed by atoms with Gasteiger partial charge in [0.25, 0.3) is 0 Å². The van der Waals surface area contributed by atoms with Gasteiger partial charge in [0, 0.05) is 39.5 Å². The van der Waals surface area contributed by atoms with E-state index >= 15 is 0 Å². The SMILES string of the molecule is C1=CCCC(N(c2ccc(-c3ccc(C4(c5ccccc5)c5ccc6ccccc6c5OC5c6ccccc6C=CC54)cc3)cc2)c2cc(-c3ccccc3)cc(-c3ccccc3)c2)=C1. The summed E-state index contributed by atoms with van der Waals surface area (Å²) in [6, 6.07) is 80.1. The first-order valence-electron chi connectivity index (χ1n) is 22.9. The van der Waals surface area contributed by atoms with Crippen LogP contribution in [0.1, 0.15) is 46.8 Å². The molecule has 12 rings (SSSR count). The predicted octanol–water partition coefficient (Wildman–Crippen LogP) is 16.3. The van der Waals surface area contributed by atoms with Crippen molar-refractivity contribution < 1.29 is 4.74 Å². The smallest absolute Gasteiger partial charge is 0.132 e. The van der Waals surface area contributed by atoms with Gasteiger partial charge in [0.15, 0.2) is 0 Å². The average Bonchev–Trinajstić information content (AvgIpc) is 3.39. The van der Waals surface area contributed by atoms with Crippen LogP contribution in [-0.2, 0) is 5.41 Å². The van der Waals surface area contributed by atoms with Gasteiger partial charge in [-0.2, -0.15) is 0 Å². The number of allylic oxidation sites excluding steroid dienone is 4. The van der Waals surface area contributed by atoms with Gasteiger partial charge in [-0.3, -0.25) is 0 Å². The monoisotopic (exact) mass is 833 g/mol. The number of benzene rings is 9. The predicted molar refractivity (Wildman–Crippen MR) is 270 cm³/mol. The van der Waals surface area contributed by atoms with E-state index in [2.05, 4.69) is 254 Å². The second kappa shape index (κ2) is 16.3. The van der Waals surface area contributed by atoms with E-state index in [1.54, 1.807) is 0 Å². The topological polar surface area (TPSA) is 12.5 Å². The molecule has 0 saturated carbocycles. The van der Waals surface area contributed by atoms with Gasteiger partial charge in [0.2, 0.25) is 0 Å². The van der Waals surface area contributed by atoms with Crippen LogP contribution in [0.15, 0.2) is 248 Å². The van der Waals surface area contributed by atoms with Gasteiger partial charge < -0.3 is 9.64 Å². The highest BCUT2D eigenvalue weighted by Crippen LogP contribution is 2.60. The quantitative estimate of drug-likeness (QED) is 0.151. The summed E-state index contributed by atoms with van der Waals surface area (Å²) >= 11 is 0. The molecule has 65 heavy (non-hydrogen) atoms. The summed E-state index contributed by atoms with van der Waals surface area (Å²) in [5.74, 6) is 0.979. The summed E-state index contributed by atoms with van der Waals surface area (Å²) in [5, 5.41) is 2.32. The fourth-order valence-corrected chi connectivity index (χ4v) is 10.8. The Labute approximate surface area is 381 Å². The lowest BCUT2D eigenvalue weighted by molar-refractivity contribution is 0.104. The lowest BCUT2D eigenvalue weighted by atomic mass is 9.57. The van der Waals surface area contributed by atoms with E-state index in [4.69, 9.17) is 4.74 Å². The summed E-state index contributed by atoms with van der Waals surface area (Å²) in [6.45, 7) is 0. The van der Waals surface area contributed by atoms with Crippen molar-refractivity contribution in [2.45, 2.75) is 24.4 Å². The molecule has 0 radical (unpaired) electrons. The minimum Gasteiger partial charge on any atom is -0.484 e. The number of hydrogen-bond donors (Lipinski definition) is 0. The zero-order valence-corrected chi connectivity index (χ0v) is 36.1. The Bertz CT molecular complexity index is 3220. The Hall–Kier alpha value is -7.94. The van der Waals surface area contributed by atoms with Crippen molar-refractivity contribution in [1.82, 2.24) is 0 Å². The number of anilines is 2. The van der Waals surface area contributed by atoms with E-state index in [0.29, 0.717) is 0 Å². The van der Waals surface area contributed by atoms with Crippen LogP contribution in [-0.4, -0.2) is 0 Å². The molecule has 1 aliphatic heterocycles. The highest BCUT2D eigenvalue weighted by molar-refractivity contribution is 5.91. The van der Waals surface area contributed by atoms with Crippen molar-refractivity contribution in [2.24, 2.45) is 5.92 Å². The molecule has 9 aromatic rings. The lowest BCUT2D eigenvalue weighted by Crippen LogP contribution is -2.46. The summed E-state index contributed by atoms with van der Waals surface area (Å²) in [5.41, 5.74) is 16.4. The van der Waals surface area contributed by atoms with Gasteiger partial charge in [0.1, 0.15) is 11.9 Å². The highest BCUT2D eigenvalue weighted by Gasteiger charge is 2.53. The van der Waals surface area contributed by atoms with Crippen LogP contribution < -0.4 is 9.64 Å². The molecule has 3 atom stereocenters. The molecule has 0 spiro atoms. The van der Waals surface area contributed by atoms with Crippen LogP contribution in [0.3, 0.4) is 0 Å². The minimum absolute atomic E-state index is 0.0105. The van der Waals surface area contributed by atoms with Crippen molar-refractivity contribution in [3.8, 4) is 39.1 Å². The molecule has 0 N–H and O–H groups in total. The third-order valence-corrected chi connectivity index (χ3v) is 13.9. The minimum atomic E-state index is -0.522. The first kappa shape index (κ1) is 38.7. The van der Waals surface area contributed by atoms with E-state index in [-0.39, 0.29) is 12.0 Å². The van der Waals surface area contributed by atoms with E-state index < -0.39 is 5.41 Å².